The number of aliphatic carboxylic acids is 1. The summed E-state index contributed by atoms with van der Waals surface area (Å²) in [6, 6.07) is 9.55. The summed E-state index contributed by atoms with van der Waals surface area (Å²) < 4.78 is 6.03. The van der Waals surface area contributed by atoms with E-state index in [2.05, 4.69) is 4.98 Å². The third-order valence-electron chi connectivity index (χ3n) is 6.44. The molecule has 4 unspecified atom stereocenters. The van der Waals surface area contributed by atoms with E-state index in [1.54, 1.807) is 30.0 Å². The Morgan fingerprint density at radius 3 is 2.56 bits per heavy atom. The van der Waals surface area contributed by atoms with Gasteiger partial charge in [-0.15, -0.1) is 0 Å². The number of hydrogen-bond acceptors (Lipinski definition) is 5. The molecule has 0 bridgehead atoms. The minimum absolute atomic E-state index is 0.0251. The lowest BCUT2D eigenvalue weighted by Gasteiger charge is -2.51. The summed E-state index contributed by atoms with van der Waals surface area (Å²) >= 11 is 12.4. The number of ether oxygens (including phenoxy) is 1. The molecule has 7 nitrogen and oxygen atoms in total. The number of likely N-dealkylation sites (tertiary alicyclic amines) is 1. The Kier molecular flexibility index (Phi) is 8.80. The summed E-state index contributed by atoms with van der Waals surface area (Å²) in [4.78, 5) is 43.9. The molecule has 0 saturated carbocycles. The predicted molar refractivity (Wildman–Crippen MR) is 138 cm³/mol. The molecule has 1 aliphatic rings. The monoisotopic (exact) mass is 534 g/mol. The van der Waals surface area contributed by atoms with Crippen molar-refractivity contribution >= 4 is 41.4 Å². The van der Waals surface area contributed by atoms with Gasteiger partial charge in [-0.1, -0.05) is 42.3 Å². The zero-order chi connectivity index (χ0) is 26.7. The van der Waals surface area contributed by atoms with Gasteiger partial charge < -0.3 is 19.5 Å². The van der Waals surface area contributed by atoms with Crippen molar-refractivity contribution in [2.45, 2.75) is 70.6 Å². The smallest absolute Gasteiger partial charge is 0.304 e. The van der Waals surface area contributed by atoms with Gasteiger partial charge in [0.15, 0.2) is 0 Å². The van der Waals surface area contributed by atoms with Crippen LogP contribution in [-0.2, 0) is 19.1 Å². The van der Waals surface area contributed by atoms with Crippen molar-refractivity contribution in [3.8, 4) is 0 Å². The molecule has 0 spiro atoms. The number of carbonyl (C=O) groups is 3. The molecule has 2 aromatic rings. The number of halogens is 2. The zero-order valence-electron chi connectivity index (χ0n) is 20.9. The first kappa shape index (κ1) is 28.1. The van der Waals surface area contributed by atoms with Crippen LogP contribution in [0.2, 0.25) is 10.0 Å². The van der Waals surface area contributed by atoms with E-state index in [9.17, 15) is 19.5 Å². The SMILES string of the molecule is CC(C)(C)OCC(CC=O)N1C(=O)C(C)(CC(=O)O)CC(c2cccc(Cl)c2)C1c1ccc(Cl)cn1. The molecule has 36 heavy (non-hydrogen) atoms. The summed E-state index contributed by atoms with van der Waals surface area (Å²) in [5.74, 6) is -1.77. The molecule has 2 heterocycles. The number of pyridine rings is 1. The van der Waals surface area contributed by atoms with Crippen molar-refractivity contribution in [1.82, 2.24) is 9.88 Å². The summed E-state index contributed by atoms with van der Waals surface area (Å²) in [6.45, 7) is 7.45. The normalized spacial score (nSPS) is 23.4. The molecule has 1 N–H and O–H groups in total. The Balaban J connectivity index is 2.23. The number of piperidine rings is 1. The molecule has 9 heteroatoms. The quantitative estimate of drug-likeness (QED) is 0.414. The highest BCUT2D eigenvalue weighted by atomic mass is 35.5. The van der Waals surface area contributed by atoms with Crippen LogP contribution >= 0.6 is 23.2 Å². The van der Waals surface area contributed by atoms with E-state index in [-0.39, 0.29) is 37.7 Å². The molecule has 1 fully saturated rings. The summed E-state index contributed by atoms with van der Waals surface area (Å²) in [7, 11) is 0. The van der Waals surface area contributed by atoms with E-state index in [1.165, 1.54) is 6.20 Å². The maximum atomic E-state index is 14.1. The fraction of sp³-hybridized carbons (Fsp3) is 0.481. The predicted octanol–water partition coefficient (Wildman–Crippen LogP) is 5.70. The van der Waals surface area contributed by atoms with E-state index >= 15 is 0 Å². The van der Waals surface area contributed by atoms with Crippen molar-refractivity contribution in [2.75, 3.05) is 6.61 Å². The van der Waals surface area contributed by atoms with Crippen molar-refractivity contribution in [3.63, 3.8) is 0 Å². The molecule has 3 rings (SSSR count). The Bertz CT molecular complexity index is 1100. The number of carboxylic acids is 1. The number of benzene rings is 1. The Morgan fingerprint density at radius 2 is 2.00 bits per heavy atom. The molecule has 0 aliphatic carbocycles. The van der Waals surface area contributed by atoms with E-state index < -0.39 is 29.1 Å². The van der Waals surface area contributed by atoms with E-state index in [0.29, 0.717) is 15.7 Å². The number of carbonyl (C=O) groups excluding carboxylic acids is 2. The summed E-state index contributed by atoms with van der Waals surface area (Å²) in [6.07, 6.45) is 2.21. The first-order valence-electron chi connectivity index (χ1n) is 11.8. The second-order valence-corrected chi connectivity index (χ2v) is 11.4. The number of carboxylic acid groups (broad SMARTS) is 1. The highest BCUT2D eigenvalue weighted by molar-refractivity contribution is 6.30. The van der Waals surface area contributed by atoms with Gasteiger partial charge in [0.2, 0.25) is 5.91 Å². The van der Waals surface area contributed by atoms with Crippen molar-refractivity contribution < 1.29 is 24.2 Å². The lowest BCUT2D eigenvalue weighted by molar-refractivity contribution is -0.164. The lowest BCUT2D eigenvalue weighted by Crippen LogP contribution is -2.57. The molecule has 1 amide bonds. The second kappa shape index (κ2) is 11.3. The van der Waals surface area contributed by atoms with Gasteiger partial charge in [0, 0.05) is 23.6 Å². The van der Waals surface area contributed by atoms with Crippen LogP contribution in [0.4, 0.5) is 0 Å². The number of aldehydes is 1. The van der Waals surface area contributed by atoms with Gasteiger partial charge in [-0.05, 0) is 57.0 Å². The van der Waals surface area contributed by atoms with Gasteiger partial charge >= 0.3 is 5.97 Å². The van der Waals surface area contributed by atoms with Gasteiger partial charge in [-0.2, -0.15) is 0 Å². The van der Waals surface area contributed by atoms with Gasteiger partial charge in [0.1, 0.15) is 6.29 Å². The van der Waals surface area contributed by atoms with Crippen molar-refractivity contribution in [2.24, 2.45) is 5.41 Å². The lowest BCUT2D eigenvalue weighted by atomic mass is 9.67. The summed E-state index contributed by atoms with van der Waals surface area (Å²) in [5, 5.41) is 10.7. The third-order valence-corrected chi connectivity index (χ3v) is 6.90. The third kappa shape index (κ3) is 6.64. The first-order chi connectivity index (χ1) is 16.8. The van der Waals surface area contributed by atoms with Crippen LogP contribution in [-0.4, -0.2) is 51.4 Å². The minimum atomic E-state index is -1.22. The molecule has 4 atom stereocenters. The maximum absolute atomic E-state index is 14.1. The second-order valence-electron chi connectivity index (χ2n) is 10.5. The van der Waals surface area contributed by atoms with Crippen LogP contribution < -0.4 is 0 Å². The minimum Gasteiger partial charge on any atom is -0.481 e. The van der Waals surface area contributed by atoms with Gasteiger partial charge in [0.05, 0.1) is 46.8 Å². The number of rotatable bonds is 9. The Labute approximate surface area is 221 Å². The van der Waals surface area contributed by atoms with E-state index in [4.69, 9.17) is 27.9 Å². The number of nitrogens with zero attached hydrogens (tertiary/aromatic N) is 2. The first-order valence-corrected chi connectivity index (χ1v) is 12.6. The molecular weight excluding hydrogens is 503 g/mol. The van der Waals surface area contributed by atoms with Crippen LogP contribution in [0.25, 0.3) is 0 Å². The number of aromatic nitrogens is 1. The fourth-order valence-corrected chi connectivity index (χ4v) is 5.17. The maximum Gasteiger partial charge on any atom is 0.304 e. The Morgan fingerprint density at radius 1 is 1.28 bits per heavy atom. The van der Waals surface area contributed by atoms with Gasteiger partial charge in [-0.3, -0.25) is 14.6 Å². The van der Waals surface area contributed by atoms with Crippen LogP contribution in [0.5, 0.6) is 0 Å². The molecule has 194 valence electrons. The standard InChI is InChI=1S/C27H32Cl2N2O5/c1-26(2,3)36-16-20(10-11-32)31-24(22-9-8-19(29)15-30-22)21(17-6-5-7-18(28)12-17)13-27(4,25(31)35)14-23(33)34/h5-9,11-12,15,20-21,24H,10,13-14,16H2,1-4H3,(H,33,34). The van der Waals surface area contributed by atoms with Crippen LogP contribution in [0.3, 0.4) is 0 Å². The fourth-order valence-electron chi connectivity index (χ4n) is 4.86. The molecule has 1 aliphatic heterocycles. The zero-order valence-corrected chi connectivity index (χ0v) is 22.4. The highest BCUT2D eigenvalue weighted by Crippen LogP contribution is 2.51. The van der Waals surface area contributed by atoms with Crippen LogP contribution in [0.1, 0.15) is 70.2 Å². The molecule has 1 aromatic heterocycles. The van der Waals surface area contributed by atoms with Crippen LogP contribution in [0, 0.1) is 5.41 Å². The summed E-state index contributed by atoms with van der Waals surface area (Å²) in [5.41, 5.74) is -0.295. The van der Waals surface area contributed by atoms with Gasteiger partial charge in [0.25, 0.3) is 0 Å². The molecule has 1 saturated heterocycles. The Hall–Kier alpha value is -2.48. The van der Waals surface area contributed by atoms with Crippen LogP contribution in [0.15, 0.2) is 42.6 Å². The molecule has 0 radical (unpaired) electrons. The van der Waals surface area contributed by atoms with Crippen molar-refractivity contribution in [3.05, 3.63) is 63.9 Å². The topological polar surface area (TPSA) is 96.8 Å². The van der Waals surface area contributed by atoms with Gasteiger partial charge in [-0.25, -0.2) is 0 Å². The number of amides is 1. The van der Waals surface area contributed by atoms with E-state index in [0.717, 1.165) is 11.8 Å². The molecule has 1 aromatic carbocycles. The largest absolute Gasteiger partial charge is 0.481 e. The molecular formula is C27H32Cl2N2O5. The highest BCUT2D eigenvalue weighted by Gasteiger charge is 2.53. The van der Waals surface area contributed by atoms with Crippen molar-refractivity contribution in [1.29, 1.82) is 0 Å². The average molecular weight is 535 g/mol. The number of hydrogen-bond donors (Lipinski definition) is 1. The average Bonchev–Trinajstić information content (AvgIpc) is 2.78. The van der Waals surface area contributed by atoms with E-state index in [1.807, 2.05) is 39.0 Å².